The molecule has 0 bridgehead atoms. The van der Waals surface area contributed by atoms with Gasteiger partial charge in [-0.25, -0.2) is 4.39 Å². The first-order chi connectivity index (χ1) is 12.5. The van der Waals surface area contributed by atoms with Gasteiger partial charge in [0.1, 0.15) is 5.82 Å². The van der Waals surface area contributed by atoms with Crippen molar-refractivity contribution in [2.75, 3.05) is 29.9 Å². The molecule has 0 aliphatic carbocycles. The summed E-state index contributed by atoms with van der Waals surface area (Å²) in [6, 6.07) is 11.2. The van der Waals surface area contributed by atoms with Gasteiger partial charge in [0.2, 0.25) is 5.91 Å². The highest BCUT2D eigenvalue weighted by molar-refractivity contribution is 6.33. The molecule has 1 saturated heterocycles. The third-order valence-electron chi connectivity index (χ3n) is 4.21. The second-order valence-electron chi connectivity index (χ2n) is 6.07. The summed E-state index contributed by atoms with van der Waals surface area (Å²) in [4.78, 5) is 26.0. The van der Waals surface area contributed by atoms with Gasteiger partial charge in [-0.3, -0.25) is 9.59 Å². The molecule has 0 spiro atoms. The van der Waals surface area contributed by atoms with Crippen LogP contribution < -0.4 is 15.5 Å². The van der Waals surface area contributed by atoms with Crippen LogP contribution in [0, 0.1) is 5.82 Å². The highest BCUT2D eigenvalue weighted by Crippen LogP contribution is 2.26. The monoisotopic (exact) mass is 375 g/mol. The van der Waals surface area contributed by atoms with Gasteiger partial charge in [-0.1, -0.05) is 23.7 Å². The standard InChI is InChI=1S/C19H19ClFN3O2/c20-15-6-2-1-5-14(15)19(26)22-12-18(25)23-13-7-8-17(16(21)11-13)24-9-3-4-10-24/h1-2,5-8,11H,3-4,9-10,12H2,(H,22,26)(H,23,25). The van der Waals surface area contributed by atoms with Gasteiger partial charge >= 0.3 is 0 Å². The molecule has 26 heavy (non-hydrogen) atoms. The predicted octanol–water partition coefficient (Wildman–Crippen LogP) is 3.45. The van der Waals surface area contributed by atoms with Crippen molar-refractivity contribution in [1.82, 2.24) is 5.32 Å². The van der Waals surface area contributed by atoms with Gasteiger partial charge < -0.3 is 15.5 Å². The van der Waals surface area contributed by atoms with E-state index < -0.39 is 11.8 Å². The molecule has 0 atom stereocenters. The zero-order valence-electron chi connectivity index (χ0n) is 14.1. The first-order valence-electron chi connectivity index (χ1n) is 8.41. The highest BCUT2D eigenvalue weighted by Gasteiger charge is 2.17. The van der Waals surface area contributed by atoms with Crippen LogP contribution >= 0.6 is 11.6 Å². The Morgan fingerprint density at radius 3 is 2.54 bits per heavy atom. The van der Waals surface area contributed by atoms with E-state index in [-0.39, 0.29) is 12.4 Å². The number of hydrogen-bond acceptors (Lipinski definition) is 3. The molecule has 1 aliphatic heterocycles. The van der Waals surface area contributed by atoms with Crippen LogP contribution in [0.15, 0.2) is 42.5 Å². The van der Waals surface area contributed by atoms with Crippen molar-refractivity contribution in [3.8, 4) is 0 Å². The summed E-state index contributed by atoms with van der Waals surface area (Å²) in [6.07, 6.45) is 2.12. The number of anilines is 2. The Hall–Kier alpha value is -2.60. The summed E-state index contributed by atoms with van der Waals surface area (Å²) in [5, 5.41) is 5.38. The zero-order chi connectivity index (χ0) is 18.5. The highest BCUT2D eigenvalue weighted by atomic mass is 35.5. The van der Waals surface area contributed by atoms with E-state index in [4.69, 9.17) is 11.6 Å². The summed E-state index contributed by atoms with van der Waals surface area (Å²) in [5.74, 6) is -1.26. The summed E-state index contributed by atoms with van der Waals surface area (Å²) >= 11 is 5.94. The number of amides is 2. The minimum absolute atomic E-state index is 0.237. The number of hydrogen-bond donors (Lipinski definition) is 2. The molecule has 0 aromatic heterocycles. The number of nitrogens with zero attached hydrogens (tertiary/aromatic N) is 1. The number of rotatable bonds is 5. The van der Waals surface area contributed by atoms with Crippen molar-refractivity contribution < 1.29 is 14.0 Å². The molecular formula is C19H19ClFN3O2. The fourth-order valence-electron chi connectivity index (χ4n) is 2.91. The Morgan fingerprint density at radius 1 is 1.12 bits per heavy atom. The third-order valence-corrected chi connectivity index (χ3v) is 4.54. The van der Waals surface area contributed by atoms with E-state index in [1.165, 1.54) is 6.07 Å². The number of halogens is 2. The number of benzene rings is 2. The van der Waals surface area contributed by atoms with E-state index in [0.29, 0.717) is 22.0 Å². The lowest BCUT2D eigenvalue weighted by Crippen LogP contribution is -2.33. The predicted molar refractivity (Wildman–Crippen MR) is 100 cm³/mol. The van der Waals surface area contributed by atoms with Crippen LogP contribution in [0.3, 0.4) is 0 Å². The maximum Gasteiger partial charge on any atom is 0.253 e. The average molecular weight is 376 g/mol. The van der Waals surface area contributed by atoms with Crippen LogP contribution in [-0.2, 0) is 4.79 Å². The van der Waals surface area contributed by atoms with Crippen LogP contribution in [0.25, 0.3) is 0 Å². The van der Waals surface area contributed by atoms with E-state index >= 15 is 0 Å². The SMILES string of the molecule is O=C(CNC(=O)c1ccccc1Cl)Nc1ccc(N2CCCC2)c(F)c1. The molecule has 1 aliphatic rings. The maximum absolute atomic E-state index is 14.3. The molecule has 2 N–H and O–H groups in total. The molecule has 3 rings (SSSR count). The Kier molecular flexibility index (Phi) is 5.73. The summed E-state index contributed by atoms with van der Waals surface area (Å²) in [7, 11) is 0. The molecule has 7 heteroatoms. The Balaban J connectivity index is 1.55. The van der Waals surface area contributed by atoms with E-state index in [2.05, 4.69) is 10.6 Å². The molecule has 136 valence electrons. The Bertz CT molecular complexity index is 822. The van der Waals surface area contributed by atoms with Crippen molar-refractivity contribution in [2.24, 2.45) is 0 Å². The van der Waals surface area contributed by atoms with E-state index in [1.54, 1.807) is 36.4 Å². The zero-order valence-corrected chi connectivity index (χ0v) is 14.9. The summed E-state index contributed by atoms with van der Waals surface area (Å²) in [6.45, 7) is 1.45. The average Bonchev–Trinajstić information content (AvgIpc) is 3.14. The first kappa shape index (κ1) is 18.2. The van der Waals surface area contributed by atoms with Crippen molar-refractivity contribution in [1.29, 1.82) is 0 Å². The Morgan fingerprint density at radius 2 is 1.85 bits per heavy atom. The van der Waals surface area contributed by atoms with Crippen LogP contribution in [-0.4, -0.2) is 31.4 Å². The fourth-order valence-corrected chi connectivity index (χ4v) is 3.13. The number of carbonyl (C=O) groups excluding carboxylic acids is 2. The van der Waals surface area contributed by atoms with Gasteiger partial charge in [0.25, 0.3) is 5.91 Å². The van der Waals surface area contributed by atoms with Crippen molar-refractivity contribution in [2.45, 2.75) is 12.8 Å². The lowest BCUT2D eigenvalue weighted by molar-refractivity contribution is -0.115. The molecule has 0 saturated carbocycles. The van der Waals surface area contributed by atoms with Crippen LogP contribution in [0.5, 0.6) is 0 Å². The third kappa shape index (κ3) is 4.32. The van der Waals surface area contributed by atoms with Crippen LogP contribution in [0.4, 0.5) is 15.8 Å². The molecular weight excluding hydrogens is 357 g/mol. The first-order valence-corrected chi connectivity index (χ1v) is 8.79. The second-order valence-corrected chi connectivity index (χ2v) is 6.48. The quantitative estimate of drug-likeness (QED) is 0.841. The Labute approximate surface area is 156 Å². The van der Waals surface area contributed by atoms with E-state index in [9.17, 15) is 14.0 Å². The van der Waals surface area contributed by atoms with Gasteiger partial charge in [-0.15, -0.1) is 0 Å². The van der Waals surface area contributed by atoms with Gasteiger partial charge in [0.05, 0.1) is 22.8 Å². The molecule has 0 unspecified atom stereocenters. The smallest absolute Gasteiger partial charge is 0.253 e. The molecule has 2 aromatic rings. The molecule has 0 radical (unpaired) electrons. The largest absolute Gasteiger partial charge is 0.369 e. The number of carbonyl (C=O) groups is 2. The number of nitrogens with one attached hydrogen (secondary N) is 2. The van der Waals surface area contributed by atoms with E-state index in [0.717, 1.165) is 25.9 Å². The molecule has 2 amide bonds. The van der Waals surface area contributed by atoms with Crippen molar-refractivity contribution in [3.05, 3.63) is 58.9 Å². The molecule has 5 nitrogen and oxygen atoms in total. The van der Waals surface area contributed by atoms with Gasteiger partial charge in [0.15, 0.2) is 0 Å². The van der Waals surface area contributed by atoms with E-state index in [1.807, 2.05) is 4.90 Å². The normalized spacial score (nSPS) is 13.5. The van der Waals surface area contributed by atoms with Crippen LogP contribution in [0.1, 0.15) is 23.2 Å². The lowest BCUT2D eigenvalue weighted by Gasteiger charge is -2.18. The summed E-state index contributed by atoms with van der Waals surface area (Å²) in [5.41, 5.74) is 1.19. The van der Waals surface area contributed by atoms with Gasteiger partial charge in [-0.05, 0) is 43.2 Å². The van der Waals surface area contributed by atoms with Crippen molar-refractivity contribution >= 4 is 34.8 Å². The van der Waals surface area contributed by atoms with Gasteiger partial charge in [-0.2, -0.15) is 0 Å². The fraction of sp³-hybridized carbons (Fsp3) is 0.263. The lowest BCUT2D eigenvalue weighted by atomic mass is 10.2. The maximum atomic E-state index is 14.3. The van der Waals surface area contributed by atoms with Crippen LogP contribution in [0.2, 0.25) is 5.02 Å². The minimum atomic E-state index is -0.446. The molecule has 1 heterocycles. The van der Waals surface area contributed by atoms with Crippen molar-refractivity contribution in [3.63, 3.8) is 0 Å². The molecule has 2 aromatic carbocycles. The topological polar surface area (TPSA) is 61.4 Å². The second kappa shape index (κ2) is 8.19. The molecule has 1 fully saturated rings. The minimum Gasteiger partial charge on any atom is -0.369 e. The summed E-state index contributed by atoms with van der Waals surface area (Å²) < 4.78 is 14.3. The van der Waals surface area contributed by atoms with Gasteiger partial charge in [0, 0.05) is 18.8 Å².